The Kier molecular flexibility index (Phi) is 3.31. The Balaban J connectivity index is 1.81. The van der Waals surface area contributed by atoms with E-state index in [9.17, 15) is 10.1 Å². The zero-order valence-electron chi connectivity index (χ0n) is 11.3. The fourth-order valence-electron chi connectivity index (χ4n) is 3.09. The van der Waals surface area contributed by atoms with Gasteiger partial charge in [0.2, 0.25) is 5.82 Å². The number of nitrogens with two attached hydrogens (primary N) is 1. The maximum Gasteiger partial charge on any atom is 0.311 e. The minimum absolute atomic E-state index is 0.0259. The van der Waals surface area contributed by atoms with E-state index >= 15 is 0 Å². The standard InChI is InChI=1S/C13H18N4O3/c1-7-4-5-9(17(18)19)13(15-7)16-11-10(14)8-3-2-6-20-12(8)11/h4-5,8,10-12H,2-3,6,14H2,1H3,(H,15,16). The molecule has 1 aromatic rings. The summed E-state index contributed by atoms with van der Waals surface area (Å²) >= 11 is 0. The molecule has 2 heterocycles. The van der Waals surface area contributed by atoms with E-state index in [1.54, 1.807) is 13.0 Å². The van der Waals surface area contributed by atoms with Gasteiger partial charge in [0.1, 0.15) is 0 Å². The first-order valence-electron chi connectivity index (χ1n) is 6.83. The Labute approximate surface area is 116 Å². The van der Waals surface area contributed by atoms with Gasteiger partial charge in [-0.15, -0.1) is 0 Å². The second-order valence-electron chi connectivity index (χ2n) is 5.47. The minimum atomic E-state index is -0.432. The molecule has 7 nitrogen and oxygen atoms in total. The number of nitrogens with zero attached hydrogens (tertiary/aromatic N) is 2. The normalized spacial score (nSPS) is 32.1. The molecule has 1 aliphatic heterocycles. The second-order valence-corrected chi connectivity index (χ2v) is 5.47. The summed E-state index contributed by atoms with van der Waals surface area (Å²) < 4.78 is 5.72. The fraction of sp³-hybridized carbons (Fsp3) is 0.615. The highest BCUT2D eigenvalue weighted by Gasteiger charge is 2.51. The first-order chi connectivity index (χ1) is 9.58. The van der Waals surface area contributed by atoms with Crippen LogP contribution in [-0.4, -0.2) is 34.7 Å². The molecule has 1 aromatic heterocycles. The largest absolute Gasteiger partial charge is 0.376 e. The third-order valence-corrected chi connectivity index (χ3v) is 4.19. The number of nitrogens with one attached hydrogen (secondary N) is 1. The average Bonchev–Trinajstić information content (AvgIpc) is 2.44. The first kappa shape index (κ1) is 13.3. The van der Waals surface area contributed by atoms with Crippen LogP contribution < -0.4 is 11.1 Å². The number of nitro groups is 1. The van der Waals surface area contributed by atoms with Gasteiger partial charge in [-0.1, -0.05) is 0 Å². The molecular formula is C13H18N4O3. The fourth-order valence-corrected chi connectivity index (χ4v) is 3.09. The van der Waals surface area contributed by atoms with Crippen molar-refractivity contribution in [2.75, 3.05) is 11.9 Å². The molecule has 3 N–H and O–H groups in total. The van der Waals surface area contributed by atoms with Gasteiger partial charge in [0.15, 0.2) is 0 Å². The average molecular weight is 278 g/mol. The van der Waals surface area contributed by atoms with Crippen LogP contribution in [0.2, 0.25) is 0 Å². The molecule has 4 atom stereocenters. The number of hydrogen-bond donors (Lipinski definition) is 2. The van der Waals surface area contributed by atoms with Gasteiger partial charge in [-0.05, 0) is 25.8 Å². The van der Waals surface area contributed by atoms with Crippen molar-refractivity contribution in [1.82, 2.24) is 4.98 Å². The van der Waals surface area contributed by atoms with Crippen molar-refractivity contribution in [2.24, 2.45) is 11.7 Å². The molecule has 1 saturated carbocycles. The lowest BCUT2D eigenvalue weighted by molar-refractivity contribution is -0.384. The molecule has 2 aliphatic rings. The lowest BCUT2D eigenvalue weighted by Gasteiger charge is -2.52. The first-order valence-corrected chi connectivity index (χ1v) is 6.83. The van der Waals surface area contributed by atoms with E-state index in [4.69, 9.17) is 10.5 Å². The number of anilines is 1. The third kappa shape index (κ3) is 2.12. The van der Waals surface area contributed by atoms with E-state index in [0.29, 0.717) is 5.92 Å². The summed E-state index contributed by atoms with van der Waals surface area (Å²) in [5.41, 5.74) is 6.85. The Bertz CT molecular complexity index is 536. The number of rotatable bonds is 3. The van der Waals surface area contributed by atoms with Gasteiger partial charge in [0.25, 0.3) is 0 Å². The van der Waals surface area contributed by atoms with Crippen molar-refractivity contribution in [1.29, 1.82) is 0 Å². The highest BCUT2D eigenvalue weighted by molar-refractivity contribution is 5.57. The van der Waals surface area contributed by atoms with Crippen molar-refractivity contribution in [3.8, 4) is 0 Å². The number of aryl methyl sites for hydroxylation is 1. The summed E-state index contributed by atoms with van der Waals surface area (Å²) in [6.45, 7) is 2.53. The maximum atomic E-state index is 11.0. The molecule has 0 radical (unpaired) electrons. The Hall–Kier alpha value is -1.73. The molecule has 1 aliphatic carbocycles. The Morgan fingerprint density at radius 2 is 2.35 bits per heavy atom. The van der Waals surface area contributed by atoms with Crippen molar-refractivity contribution in [3.63, 3.8) is 0 Å². The lowest BCUT2D eigenvalue weighted by Crippen LogP contribution is -2.69. The molecule has 4 unspecified atom stereocenters. The summed E-state index contributed by atoms with van der Waals surface area (Å²) in [5.74, 6) is 0.633. The van der Waals surface area contributed by atoms with Crippen LogP contribution in [0.5, 0.6) is 0 Å². The number of aromatic nitrogens is 1. The van der Waals surface area contributed by atoms with Crippen molar-refractivity contribution >= 4 is 11.5 Å². The summed E-state index contributed by atoms with van der Waals surface area (Å²) in [6, 6.07) is 2.95. The predicted molar refractivity (Wildman–Crippen MR) is 73.5 cm³/mol. The highest BCUT2D eigenvalue weighted by Crippen LogP contribution is 2.39. The molecule has 0 bridgehead atoms. The molecule has 2 fully saturated rings. The topological polar surface area (TPSA) is 103 Å². The zero-order chi connectivity index (χ0) is 14.3. The predicted octanol–water partition coefficient (Wildman–Crippen LogP) is 1.21. The van der Waals surface area contributed by atoms with Crippen LogP contribution in [0.25, 0.3) is 0 Å². The van der Waals surface area contributed by atoms with Gasteiger partial charge in [-0.3, -0.25) is 10.1 Å². The SMILES string of the molecule is Cc1ccc([N+](=O)[O-])c(NC2C(N)C3CCCOC32)n1. The van der Waals surface area contributed by atoms with Crippen molar-refractivity contribution in [2.45, 2.75) is 38.0 Å². The van der Waals surface area contributed by atoms with E-state index in [2.05, 4.69) is 10.3 Å². The zero-order valence-corrected chi connectivity index (χ0v) is 11.3. The summed E-state index contributed by atoms with van der Waals surface area (Å²) in [4.78, 5) is 14.8. The molecule has 20 heavy (non-hydrogen) atoms. The Morgan fingerprint density at radius 3 is 3.10 bits per heavy atom. The van der Waals surface area contributed by atoms with Crippen LogP contribution in [0.15, 0.2) is 12.1 Å². The van der Waals surface area contributed by atoms with Gasteiger partial charge < -0.3 is 15.8 Å². The summed E-state index contributed by atoms with van der Waals surface area (Å²) in [6.07, 6.45) is 2.14. The monoisotopic (exact) mass is 278 g/mol. The maximum absolute atomic E-state index is 11.0. The van der Waals surface area contributed by atoms with Gasteiger partial charge in [0, 0.05) is 30.3 Å². The Morgan fingerprint density at radius 1 is 1.55 bits per heavy atom. The number of pyridine rings is 1. The van der Waals surface area contributed by atoms with Gasteiger partial charge in [-0.2, -0.15) is 0 Å². The van der Waals surface area contributed by atoms with Gasteiger partial charge in [-0.25, -0.2) is 4.98 Å². The van der Waals surface area contributed by atoms with Crippen molar-refractivity contribution in [3.05, 3.63) is 27.9 Å². The van der Waals surface area contributed by atoms with Crippen LogP contribution in [0, 0.1) is 23.0 Å². The van der Waals surface area contributed by atoms with E-state index in [1.807, 2.05) is 0 Å². The smallest absolute Gasteiger partial charge is 0.311 e. The van der Waals surface area contributed by atoms with E-state index in [-0.39, 0.29) is 29.7 Å². The quantitative estimate of drug-likeness (QED) is 0.636. The molecule has 0 spiro atoms. The number of ether oxygens (including phenoxy) is 1. The van der Waals surface area contributed by atoms with Crippen LogP contribution in [-0.2, 0) is 4.74 Å². The summed E-state index contributed by atoms with van der Waals surface area (Å²) in [5, 5.41) is 14.2. The molecule has 1 saturated heterocycles. The third-order valence-electron chi connectivity index (χ3n) is 4.19. The summed E-state index contributed by atoms with van der Waals surface area (Å²) in [7, 11) is 0. The van der Waals surface area contributed by atoms with Crippen LogP contribution in [0.1, 0.15) is 18.5 Å². The number of hydrogen-bond acceptors (Lipinski definition) is 6. The molecule has 0 aromatic carbocycles. The molecule has 108 valence electrons. The minimum Gasteiger partial charge on any atom is -0.376 e. The van der Waals surface area contributed by atoms with E-state index in [0.717, 1.165) is 25.1 Å². The van der Waals surface area contributed by atoms with Gasteiger partial charge >= 0.3 is 5.69 Å². The molecular weight excluding hydrogens is 260 g/mol. The highest BCUT2D eigenvalue weighted by atomic mass is 16.6. The van der Waals surface area contributed by atoms with Crippen LogP contribution in [0.4, 0.5) is 11.5 Å². The van der Waals surface area contributed by atoms with Gasteiger partial charge in [0.05, 0.1) is 17.1 Å². The molecule has 0 amide bonds. The number of fused-ring (bicyclic) bond motifs is 1. The molecule has 3 rings (SSSR count). The molecule has 7 heteroatoms. The lowest BCUT2D eigenvalue weighted by atomic mass is 9.68. The van der Waals surface area contributed by atoms with E-state index in [1.165, 1.54) is 6.07 Å². The second kappa shape index (κ2) is 4.99. The van der Waals surface area contributed by atoms with Crippen LogP contribution in [0.3, 0.4) is 0 Å². The van der Waals surface area contributed by atoms with Crippen molar-refractivity contribution < 1.29 is 9.66 Å². The van der Waals surface area contributed by atoms with Crippen LogP contribution >= 0.6 is 0 Å². The van der Waals surface area contributed by atoms with E-state index < -0.39 is 4.92 Å².